The second-order valence-corrected chi connectivity index (χ2v) is 8.58. The van der Waals surface area contributed by atoms with Crippen LogP contribution in [0.1, 0.15) is 30.9 Å². The van der Waals surface area contributed by atoms with Gasteiger partial charge in [-0.25, -0.2) is 8.42 Å². The number of rotatable bonds is 4. The summed E-state index contributed by atoms with van der Waals surface area (Å²) in [6.07, 6.45) is 2.53. The van der Waals surface area contributed by atoms with Crippen molar-refractivity contribution in [3.63, 3.8) is 0 Å². The molecule has 1 N–H and O–H groups in total. The van der Waals surface area contributed by atoms with Crippen LogP contribution in [0.4, 0.5) is 5.82 Å². The molecular weight excluding hydrogens is 304 g/mol. The fraction of sp³-hybridized carbons (Fsp3) is 0.714. The SMILES string of the molecule is CN1CCS(=O)(=O)CC1CC(=O)Nc1cc(C2CC2)n(C)n1. The highest BCUT2D eigenvalue weighted by molar-refractivity contribution is 7.91. The Hall–Kier alpha value is -1.41. The quantitative estimate of drug-likeness (QED) is 0.863. The van der Waals surface area contributed by atoms with Gasteiger partial charge in [0.05, 0.1) is 11.5 Å². The summed E-state index contributed by atoms with van der Waals surface area (Å²) in [6, 6.07) is 1.65. The molecule has 1 unspecified atom stereocenters. The summed E-state index contributed by atoms with van der Waals surface area (Å²) in [7, 11) is 0.709. The number of nitrogens with one attached hydrogen (secondary N) is 1. The van der Waals surface area contributed by atoms with Crippen molar-refractivity contribution in [2.24, 2.45) is 7.05 Å². The average Bonchev–Trinajstić information content (AvgIpc) is 3.19. The van der Waals surface area contributed by atoms with Crippen LogP contribution in [0, 0.1) is 0 Å². The summed E-state index contributed by atoms with van der Waals surface area (Å²) in [5.74, 6) is 1.15. The van der Waals surface area contributed by atoms with Gasteiger partial charge in [0.2, 0.25) is 5.91 Å². The van der Waals surface area contributed by atoms with Crippen LogP contribution in [0.3, 0.4) is 0 Å². The van der Waals surface area contributed by atoms with E-state index in [2.05, 4.69) is 10.4 Å². The number of aryl methyl sites for hydroxylation is 1. The zero-order valence-corrected chi connectivity index (χ0v) is 13.8. The van der Waals surface area contributed by atoms with Crippen LogP contribution in [-0.2, 0) is 21.7 Å². The van der Waals surface area contributed by atoms with Crippen molar-refractivity contribution in [1.29, 1.82) is 0 Å². The molecule has 1 saturated heterocycles. The van der Waals surface area contributed by atoms with Crippen LogP contribution < -0.4 is 5.32 Å². The standard InChI is InChI=1S/C14H22N4O3S/c1-17-5-6-22(20,21)9-11(17)7-14(19)15-13-8-12(10-3-4-10)18(2)16-13/h8,10-11H,3-7,9H2,1-2H3,(H,15,16,19). The van der Waals surface area contributed by atoms with E-state index in [1.807, 2.05) is 29.7 Å². The Balaban J connectivity index is 1.61. The van der Waals surface area contributed by atoms with Gasteiger partial charge in [-0.15, -0.1) is 0 Å². The highest BCUT2D eigenvalue weighted by Crippen LogP contribution is 2.40. The van der Waals surface area contributed by atoms with Crippen LogP contribution in [0.2, 0.25) is 0 Å². The number of hydrogen-bond acceptors (Lipinski definition) is 5. The molecule has 0 spiro atoms. The molecule has 22 heavy (non-hydrogen) atoms. The van der Waals surface area contributed by atoms with Crippen LogP contribution in [-0.4, -0.2) is 60.1 Å². The lowest BCUT2D eigenvalue weighted by atomic mass is 10.2. The predicted octanol–water partition coefficient (Wildman–Crippen LogP) is 0.355. The first kappa shape index (κ1) is 15.5. The average molecular weight is 326 g/mol. The molecule has 1 aromatic heterocycles. The molecular formula is C14H22N4O3S. The number of aromatic nitrogens is 2. The Morgan fingerprint density at radius 3 is 2.82 bits per heavy atom. The summed E-state index contributed by atoms with van der Waals surface area (Å²) in [5, 5.41) is 7.09. The highest BCUT2D eigenvalue weighted by Gasteiger charge is 2.31. The van der Waals surface area contributed by atoms with Crippen molar-refractivity contribution in [1.82, 2.24) is 14.7 Å². The number of anilines is 1. The van der Waals surface area contributed by atoms with Gasteiger partial charge < -0.3 is 10.2 Å². The van der Waals surface area contributed by atoms with E-state index in [4.69, 9.17) is 0 Å². The van der Waals surface area contributed by atoms with Crippen molar-refractivity contribution < 1.29 is 13.2 Å². The number of carbonyl (C=O) groups is 1. The smallest absolute Gasteiger partial charge is 0.227 e. The van der Waals surface area contributed by atoms with Crippen LogP contribution >= 0.6 is 0 Å². The molecule has 1 atom stereocenters. The summed E-state index contributed by atoms with van der Waals surface area (Å²) in [5.41, 5.74) is 1.15. The molecule has 1 aliphatic carbocycles. The summed E-state index contributed by atoms with van der Waals surface area (Å²) < 4.78 is 25.2. The molecule has 1 aliphatic heterocycles. The molecule has 7 nitrogen and oxygen atoms in total. The third-order valence-electron chi connectivity index (χ3n) is 4.42. The summed E-state index contributed by atoms with van der Waals surface area (Å²) in [4.78, 5) is 14.1. The lowest BCUT2D eigenvalue weighted by Crippen LogP contribution is -2.47. The van der Waals surface area contributed by atoms with E-state index >= 15 is 0 Å². The van der Waals surface area contributed by atoms with Gasteiger partial charge in [0.1, 0.15) is 0 Å². The Kier molecular flexibility index (Phi) is 3.98. The van der Waals surface area contributed by atoms with Crippen LogP contribution in [0.25, 0.3) is 0 Å². The molecule has 2 heterocycles. The normalized spacial score (nSPS) is 25.1. The minimum atomic E-state index is -3.03. The lowest BCUT2D eigenvalue weighted by Gasteiger charge is -2.31. The van der Waals surface area contributed by atoms with Crippen molar-refractivity contribution in [3.8, 4) is 0 Å². The molecule has 0 bridgehead atoms. The fourth-order valence-corrected chi connectivity index (χ4v) is 4.59. The van der Waals surface area contributed by atoms with E-state index in [0.29, 0.717) is 18.3 Å². The van der Waals surface area contributed by atoms with Crippen LogP contribution in [0.15, 0.2) is 6.07 Å². The minimum absolute atomic E-state index is 0.0481. The Labute approximate surface area is 130 Å². The maximum atomic E-state index is 12.2. The predicted molar refractivity (Wildman–Crippen MR) is 83.5 cm³/mol. The first-order valence-corrected chi connectivity index (χ1v) is 9.40. The first-order valence-electron chi connectivity index (χ1n) is 7.58. The largest absolute Gasteiger partial charge is 0.309 e. The monoisotopic (exact) mass is 326 g/mol. The van der Waals surface area contributed by atoms with E-state index in [0.717, 1.165) is 5.69 Å². The zero-order chi connectivity index (χ0) is 15.9. The van der Waals surface area contributed by atoms with E-state index in [1.54, 1.807) is 0 Å². The number of nitrogens with zero attached hydrogens (tertiary/aromatic N) is 3. The molecule has 1 aromatic rings. The molecule has 1 amide bonds. The third-order valence-corrected chi connectivity index (χ3v) is 6.12. The fourth-order valence-electron chi connectivity index (χ4n) is 2.90. The topological polar surface area (TPSA) is 84.3 Å². The molecule has 3 rings (SSSR count). The van der Waals surface area contributed by atoms with Gasteiger partial charge in [0, 0.05) is 43.7 Å². The summed E-state index contributed by atoms with van der Waals surface area (Å²) >= 11 is 0. The van der Waals surface area contributed by atoms with Gasteiger partial charge in [-0.1, -0.05) is 0 Å². The molecule has 2 fully saturated rings. The van der Waals surface area contributed by atoms with Crippen molar-refractivity contribution in [3.05, 3.63) is 11.8 Å². The van der Waals surface area contributed by atoms with E-state index < -0.39 is 9.84 Å². The second kappa shape index (κ2) is 5.66. The van der Waals surface area contributed by atoms with Gasteiger partial charge >= 0.3 is 0 Å². The van der Waals surface area contributed by atoms with Gasteiger partial charge in [0.15, 0.2) is 15.7 Å². The highest BCUT2D eigenvalue weighted by atomic mass is 32.2. The Bertz CT molecular complexity index is 678. The van der Waals surface area contributed by atoms with Crippen molar-refractivity contribution in [2.75, 3.05) is 30.4 Å². The maximum absolute atomic E-state index is 12.2. The Morgan fingerprint density at radius 2 is 2.14 bits per heavy atom. The number of hydrogen-bond donors (Lipinski definition) is 1. The number of amides is 1. The number of carbonyl (C=O) groups excluding carboxylic acids is 1. The van der Waals surface area contributed by atoms with E-state index in [1.165, 1.54) is 12.8 Å². The van der Waals surface area contributed by atoms with Gasteiger partial charge in [-0.05, 0) is 19.9 Å². The first-order chi connectivity index (χ1) is 10.3. The zero-order valence-electron chi connectivity index (χ0n) is 12.9. The minimum Gasteiger partial charge on any atom is -0.309 e. The molecule has 122 valence electrons. The number of sulfone groups is 1. The Morgan fingerprint density at radius 1 is 1.41 bits per heavy atom. The van der Waals surface area contributed by atoms with E-state index in [9.17, 15) is 13.2 Å². The third kappa shape index (κ3) is 3.49. The van der Waals surface area contributed by atoms with Gasteiger partial charge in [-0.3, -0.25) is 9.48 Å². The molecule has 0 radical (unpaired) electrons. The van der Waals surface area contributed by atoms with Crippen molar-refractivity contribution in [2.45, 2.75) is 31.2 Å². The molecule has 1 saturated carbocycles. The van der Waals surface area contributed by atoms with E-state index in [-0.39, 0.29) is 29.9 Å². The van der Waals surface area contributed by atoms with Crippen LogP contribution in [0.5, 0.6) is 0 Å². The second-order valence-electron chi connectivity index (χ2n) is 6.35. The molecule has 0 aromatic carbocycles. The van der Waals surface area contributed by atoms with Gasteiger partial charge in [-0.2, -0.15) is 5.10 Å². The molecule has 2 aliphatic rings. The summed E-state index contributed by atoms with van der Waals surface area (Å²) in [6.45, 7) is 0.482. The molecule has 8 heteroatoms. The van der Waals surface area contributed by atoms with Gasteiger partial charge in [0.25, 0.3) is 0 Å². The lowest BCUT2D eigenvalue weighted by molar-refractivity contribution is -0.117. The maximum Gasteiger partial charge on any atom is 0.227 e. The van der Waals surface area contributed by atoms with Crippen molar-refractivity contribution >= 4 is 21.6 Å².